The van der Waals surface area contributed by atoms with Crippen LogP contribution in [0.5, 0.6) is 0 Å². The second-order valence-electron chi connectivity index (χ2n) is 5.64. The summed E-state index contributed by atoms with van der Waals surface area (Å²) < 4.78 is 5.85. The van der Waals surface area contributed by atoms with Crippen LogP contribution in [-0.2, 0) is 9.53 Å². The van der Waals surface area contributed by atoms with Gasteiger partial charge in [-0.1, -0.05) is 68.7 Å². The molecule has 0 radical (unpaired) electrons. The summed E-state index contributed by atoms with van der Waals surface area (Å²) in [5.74, 6) is 0. The molecule has 1 atom stereocenters. The van der Waals surface area contributed by atoms with E-state index in [0.29, 0.717) is 13.0 Å². The normalized spacial score (nSPS) is 20.7. The van der Waals surface area contributed by atoms with Crippen molar-refractivity contribution in [1.82, 2.24) is 0 Å². The second-order valence-corrected chi connectivity index (χ2v) is 5.98. The highest BCUT2D eigenvalue weighted by molar-refractivity contribution is 6.65. The Labute approximate surface area is 137 Å². The lowest BCUT2D eigenvalue weighted by atomic mass is 9.90. The van der Waals surface area contributed by atoms with E-state index in [0.717, 1.165) is 24.0 Å². The van der Waals surface area contributed by atoms with Crippen molar-refractivity contribution in [3.05, 3.63) is 54.1 Å². The van der Waals surface area contributed by atoms with E-state index < -0.39 is 10.8 Å². The van der Waals surface area contributed by atoms with E-state index in [1.807, 2.05) is 36.4 Å². The Bertz CT molecular complexity index is 548. The molecule has 0 aromatic heterocycles. The summed E-state index contributed by atoms with van der Waals surface area (Å²) >= 11 is 5.80. The average Bonchev–Trinajstić information content (AvgIpc) is 2.56. The number of ether oxygens (including phenoxy) is 1. The van der Waals surface area contributed by atoms with Crippen LogP contribution in [0.4, 0.5) is 0 Å². The quantitative estimate of drug-likeness (QED) is 0.490. The highest BCUT2D eigenvalue weighted by Gasteiger charge is 2.36. The van der Waals surface area contributed by atoms with Crippen LogP contribution in [-0.4, -0.2) is 17.5 Å². The molecule has 2 nitrogen and oxygen atoms in total. The Balaban J connectivity index is 1.99. The number of unbranched alkanes of at least 4 members (excludes halogenated alkanes) is 3. The molecule has 2 rings (SSSR count). The molecule has 0 aliphatic heterocycles. The van der Waals surface area contributed by atoms with Crippen molar-refractivity contribution in [1.29, 1.82) is 0 Å². The summed E-state index contributed by atoms with van der Waals surface area (Å²) in [6.07, 6.45) is 10.7. The summed E-state index contributed by atoms with van der Waals surface area (Å²) in [6, 6.07) is 10.1. The highest BCUT2D eigenvalue weighted by atomic mass is 35.5. The number of carbonyl (C=O) groups is 1. The minimum absolute atomic E-state index is 0.442. The van der Waals surface area contributed by atoms with Crippen LogP contribution < -0.4 is 0 Å². The van der Waals surface area contributed by atoms with Gasteiger partial charge in [0, 0.05) is 13.0 Å². The average molecular weight is 319 g/mol. The fourth-order valence-electron chi connectivity index (χ4n) is 2.56. The van der Waals surface area contributed by atoms with Crippen LogP contribution in [0.1, 0.15) is 44.6 Å². The van der Waals surface area contributed by atoms with Gasteiger partial charge in [0.25, 0.3) is 5.24 Å². The van der Waals surface area contributed by atoms with Crippen LogP contribution in [0.15, 0.2) is 48.6 Å². The zero-order valence-corrected chi connectivity index (χ0v) is 13.8. The van der Waals surface area contributed by atoms with Crippen LogP contribution in [0.3, 0.4) is 0 Å². The van der Waals surface area contributed by atoms with Crippen molar-refractivity contribution in [2.24, 2.45) is 0 Å². The van der Waals surface area contributed by atoms with E-state index in [1.54, 1.807) is 0 Å². The van der Waals surface area contributed by atoms with Gasteiger partial charge in [-0.2, -0.15) is 0 Å². The molecule has 3 heteroatoms. The highest BCUT2D eigenvalue weighted by Crippen LogP contribution is 2.31. The van der Waals surface area contributed by atoms with E-state index in [4.69, 9.17) is 16.3 Å². The standard InChI is InChI=1S/C19H23ClO2/c1-2-3-4-8-15-22-19(18(20)21)13-11-17(12-14-19)16-9-6-5-7-10-16/h5-7,9-13H,2-4,8,14-15H2,1H3. The van der Waals surface area contributed by atoms with Gasteiger partial charge in [-0.05, 0) is 35.2 Å². The lowest BCUT2D eigenvalue weighted by Gasteiger charge is -2.29. The van der Waals surface area contributed by atoms with Crippen molar-refractivity contribution >= 4 is 22.4 Å². The van der Waals surface area contributed by atoms with Gasteiger partial charge in [-0.3, -0.25) is 4.79 Å². The SMILES string of the molecule is CCCCCCOC1(C(=O)Cl)C=CC(c2ccccc2)=CC1. The van der Waals surface area contributed by atoms with Crippen molar-refractivity contribution in [2.45, 2.75) is 44.6 Å². The van der Waals surface area contributed by atoms with Gasteiger partial charge >= 0.3 is 0 Å². The number of benzene rings is 1. The van der Waals surface area contributed by atoms with Crippen LogP contribution in [0.25, 0.3) is 5.57 Å². The molecule has 0 N–H and O–H groups in total. The molecule has 0 saturated heterocycles. The molecular weight excluding hydrogens is 296 g/mol. The zero-order valence-electron chi connectivity index (χ0n) is 13.1. The Morgan fingerprint density at radius 3 is 2.59 bits per heavy atom. The first-order chi connectivity index (χ1) is 10.7. The number of allylic oxidation sites excluding steroid dienone is 2. The molecular formula is C19H23ClO2. The Morgan fingerprint density at radius 1 is 1.23 bits per heavy atom. The second kappa shape index (κ2) is 8.30. The first kappa shape index (κ1) is 17.0. The predicted octanol–water partition coefficient (Wildman–Crippen LogP) is 5.13. The van der Waals surface area contributed by atoms with Gasteiger partial charge < -0.3 is 4.74 Å². The van der Waals surface area contributed by atoms with Gasteiger partial charge in [0.1, 0.15) is 0 Å². The van der Waals surface area contributed by atoms with E-state index in [2.05, 4.69) is 19.1 Å². The minimum Gasteiger partial charge on any atom is -0.361 e. The van der Waals surface area contributed by atoms with Gasteiger partial charge in [0.15, 0.2) is 5.60 Å². The third kappa shape index (κ3) is 4.31. The van der Waals surface area contributed by atoms with Gasteiger partial charge in [0.2, 0.25) is 0 Å². The molecule has 1 aliphatic rings. The minimum atomic E-state index is -0.994. The fraction of sp³-hybridized carbons (Fsp3) is 0.421. The number of hydrogen-bond donors (Lipinski definition) is 0. The molecule has 1 unspecified atom stereocenters. The summed E-state index contributed by atoms with van der Waals surface area (Å²) in [5, 5.41) is -0.442. The molecule has 22 heavy (non-hydrogen) atoms. The maximum absolute atomic E-state index is 11.8. The molecule has 0 amide bonds. The van der Waals surface area contributed by atoms with Crippen LogP contribution in [0, 0.1) is 0 Å². The lowest BCUT2D eigenvalue weighted by molar-refractivity contribution is -0.130. The maximum atomic E-state index is 11.8. The first-order valence-electron chi connectivity index (χ1n) is 7.96. The molecule has 0 spiro atoms. The third-order valence-corrected chi connectivity index (χ3v) is 4.27. The number of rotatable bonds is 8. The topological polar surface area (TPSA) is 26.3 Å². The van der Waals surface area contributed by atoms with Crippen LogP contribution in [0.2, 0.25) is 0 Å². The summed E-state index contributed by atoms with van der Waals surface area (Å²) in [5.41, 5.74) is 1.24. The number of hydrogen-bond acceptors (Lipinski definition) is 2. The van der Waals surface area contributed by atoms with E-state index in [-0.39, 0.29) is 0 Å². The Morgan fingerprint density at radius 2 is 2.00 bits per heavy atom. The summed E-state index contributed by atoms with van der Waals surface area (Å²) in [4.78, 5) is 11.8. The largest absolute Gasteiger partial charge is 0.361 e. The van der Waals surface area contributed by atoms with E-state index in [1.165, 1.54) is 12.8 Å². The predicted molar refractivity (Wildman–Crippen MR) is 91.9 cm³/mol. The van der Waals surface area contributed by atoms with E-state index >= 15 is 0 Å². The van der Waals surface area contributed by atoms with Crippen molar-refractivity contribution in [3.8, 4) is 0 Å². The van der Waals surface area contributed by atoms with Crippen molar-refractivity contribution < 1.29 is 9.53 Å². The zero-order chi connectivity index (χ0) is 15.8. The first-order valence-corrected chi connectivity index (χ1v) is 8.34. The molecule has 1 aliphatic carbocycles. The van der Waals surface area contributed by atoms with Crippen molar-refractivity contribution in [3.63, 3.8) is 0 Å². The number of carbonyl (C=O) groups excluding carboxylic acids is 1. The Kier molecular flexibility index (Phi) is 6.41. The summed E-state index contributed by atoms with van der Waals surface area (Å²) in [6.45, 7) is 2.74. The van der Waals surface area contributed by atoms with Gasteiger partial charge in [0.05, 0.1) is 0 Å². The molecule has 0 saturated carbocycles. The fourth-order valence-corrected chi connectivity index (χ4v) is 2.75. The lowest BCUT2D eigenvalue weighted by Crippen LogP contribution is -2.38. The smallest absolute Gasteiger partial charge is 0.257 e. The monoisotopic (exact) mass is 318 g/mol. The molecule has 1 aromatic carbocycles. The summed E-state index contributed by atoms with van der Waals surface area (Å²) in [7, 11) is 0. The molecule has 0 heterocycles. The molecule has 0 bridgehead atoms. The maximum Gasteiger partial charge on any atom is 0.257 e. The van der Waals surface area contributed by atoms with Gasteiger partial charge in [-0.25, -0.2) is 0 Å². The molecule has 1 aromatic rings. The molecule has 118 valence electrons. The van der Waals surface area contributed by atoms with Crippen molar-refractivity contribution in [2.75, 3.05) is 6.61 Å². The Hall–Kier alpha value is -1.38. The van der Waals surface area contributed by atoms with Gasteiger partial charge in [-0.15, -0.1) is 0 Å². The molecule has 0 fully saturated rings. The third-order valence-electron chi connectivity index (χ3n) is 3.95. The van der Waals surface area contributed by atoms with Crippen LogP contribution >= 0.6 is 11.6 Å². The van der Waals surface area contributed by atoms with E-state index in [9.17, 15) is 4.79 Å². The number of halogens is 1.